The van der Waals surface area contributed by atoms with E-state index in [-0.39, 0.29) is 5.82 Å². The monoisotopic (exact) mass is 273 g/mol. The molecule has 1 saturated heterocycles. The first-order valence-corrected chi connectivity index (χ1v) is 7.14. The molecule has 0 aliphatic carbocycles. The lowest BCUT2D eigenvalue weighted by molar-refractivity contribution is 0.360. The number of benzene rings is 1. The number of aromatic nitrogens is 1. The molecule has 2 aromatic rings. The van der Waals surface area contributed by atoms with Crippen molar-refractivity contribution in [2.45, 2.75) is 13.3 Å². The number of nitrogens with zero attached hydrogens (tertiary/aromatic N) is 3. The molecule has 3 nitrogen and oxygen atoms in total. The standard InChI is InChI=1S/C16H20FN3/c1-12-10-16(20-7-3-6-19(2)8-9-20)18-15-11-13(17)4-5-14(12)15/h4-5,10-11H,3,6-9H2,1-2H3. The van der Waals surface area contributed by atoms with Gasteiger partial charge in [0.1, 0.15) is 11.6 Å². The molecule has 4 heteroatoms. The Bertz CT molecular complexity index is 626. The minimum atomic E-state index is -0.225. The van der Waals surface area contributed by atoms with Crippen LogP contribution in [0.1, 0.15) is 12.0 Å². The van der Waals surface area contributed by atoms with Gasteiger partial charge in [0.2, 0.25) is 0 Å². The summed E-state index contributed by atoms with van der Waals surface area (Å²) in [6.45, 7) is 6.22. The van der Waals surface area contributed by atoms with E-state index in [2.05, 4.69) is 34.8 Å². The van der Waals surface area contributed by atoms with Crippen molar-refractivity contribution in [2.75, 3.05) is 38.1 Å². The Balaban J connectivity index is 1.99. The fourth-order valence-corrected chi connectivity index (χ4v) is 2.80. The van der Waals surface area contributed by atoms with Gasteiger partial charge in [0.25, 0.3) is 0 Å². The van der Waals surface area contributed by atoms with Gasteiger partial charge < -0.3 is 9.80 Å². The van der Waals surface area contributed by atoms with E-state index in [1.807, 2.05) is 6.07 Å². The first-order chi connectivity index (χ1) is 9.63. The Morgan fingerprint density at radius 2 is 1.95 bits per heavy atom. The molecule has 0 radical (unpaired) electrons. The van der Waals surface area contributed by atoms with Crippen LogP contribution in [0, 0.1) is 12.7 Å². The van der Waals surface area contributed by atoms with Crippen LogP contribution in [0.15, 0.2) is 24.3 Å². The molecule has 2 heterocycles. The van der Waals surface area contributed by atoms with Crippen LogP contribution in [-0.4, -0.2) is 43.1 Å². The van der Waals surface area contributed by atoms with Gasteiger partial charge in [-0.05, 0) is 50.7 Å². The van der Waals surface area contributed by atoms with Crippen molar-refractivity contribution in [1.29, 1.82) is 0 Å². The van der Waals surface area contributed by atoms with E-state index in [0.29, 0.717) is 0 Å². The third-order valence-corrected chi connectivity index (χ3v) is 4.01. The molecule has 0 spiro atoms. The third kappa shape index (κ3) is 2.61. The van der Waals surface area contributed by atoms with E-state index in [0.717, 1.165) is 54.9 Å². The number of aryl methyl sites for hydroxylation is 1. The lowest BCUT2D eigenvalue weighted by Crippen LogP contribution is -2.29. The van der Waals surface area contributed by atoms with Crippen LogP contribution in [0.5, 0.6) is 0 Å². The fraction of sp³-hybridized carbons (Fsp3) is 0.438. The quantitative estimate of drug-likeness (QED) is 0.796. The van der Waals surface area contributed by atoms with Crippen LogP contribution in [0.2, 0.25) is 0 Å². The molecule has 20 heavy (non-hydrogen) atoms. The number of halogens is 1. The van der Waals surface area contributed by atoms with Gasteiger partial charge in [0.15, 0.2) is 0 Å². The summed E-state index contributed by atoms with van der Waals surface area (Å²) in [4.78, 5) is 9.30. The van der Waals surface area contributed by atoms with Crippen molar-refractivity contribution in [3.8, 4) is 0 Å². The lowest BCUT2D eigenvalue weighted by Gasteiger charge is -2.22. The molecule has 3 rings (SSSR count). The van der Waals surface area contributed by atoms with Crippen molar-refractivity contribution < 1.29 is 4.39 Å². The molecule has 0 N–H and O–H groups in total. The van der Waals surface area contributed by atoms with Gasteiger partial charge in [0.05, 0.1) is 5.52 Å². The molecular weight excluding hydrogens is 253 g/mol. The third-order valence-electron chi connectivity index (χ3n) is 4.01. The Kier molecular flexibility index (Phi) is 3.57. The molecule has 106 valence electrons. The maximum Gasteiger partial charge on any atom is 0.129 e. The number of hydrogen-bond acceptors (Lipinski definition) is 3. The summed E-state index contributed by atoms with van der Waals surface area (Å²) in [5.41, 5.74) is 1.90. The van der Waals surface area contributed by atoms with Gasteiger partial charge in [-0.2, -0.15) is 0 Å². The zero-order chi connectivity index (χ0) is 14.1. The molecule has 0 atom stereocenters. The number of pyridine rings is 1. The van der Waals surface area contributed by atoms with Gasteiger partial charge in [-0.1, -0.05) is 0 Å². The summed E-state index contributed by atoms with van der Waals surface area (Å²) in [5, 5.41) is 1.03. The normalized spacial score (nSPS) is 17.4. The molecule has 1 aromatic carbocycles. The highest BCUT2D eigenvalue weighted by molar-refractivity contribution is 5.84. The predicted molar refractivity (Wildman–Crippen MR) is 80.8 cm³/mol. The Morgan fingerprint density at radius 1 is 1.10 bits per heavy atom. The van der Waals surface area contributed by atoms with Crippen molar-refractivity contribution in [2.24, 2.45) is 0 Å². The molecule has 1 aromatic heterocycles. The zero-order valence-electron chi connectivity index (χ0n) is 12.1. The smallest absolute Gasteiger partial charge is 0.129 e. The SMILES string of the molecule is Cc1cc(N2CCCN(C)CC2)nc2cc(F)ccc12. The summed E-state index contributed by atoms with van der Waals surface area (Å²) >= 11 is 0. The highest BCUT2D eigenvalue weighted by atomic mass is 19.1. The van der Waals surface area contributed by atoms with Gasteiger partial charge in [0, 0.05) is 31.1 Å². The molecule has 1 aliphatic heterocycles. The molecule has 0 saturated carbocycles. The molecule has 0 amide bonds. The summed E-state index contributed by atoms with van der Waals surface area (Å²) in [6.07, 6.45) is 1.14. The van der Waals surface area contributed by atoms with Crippen LogP contribution < -0.4 is 4.90 Å². The molecular formula is C16H20FN3. The second-order valence-electron chi connectivity index (χ2n) is 5.60. The maximum atomic E-state index is 13.4. The molecule has 1 fully saturated rings. The Labute approximate surface area is 119 Å². The van der Waals surface area contributed by atoms with Gasteiger partial charge in [-0.3, -0.25) is 0 Å². The van der Waals surface area contributed by atoms with Crippen molar-refractivity contribution in [3.63, 3.8) is 0 Å². The largest absolute Gasteiger partial charge is 0.355 e. The van der Waals surface area contributed by atoms with E-state index in [1.54, 1.807) is 0 Å². The number of hydrogen-bond donors (Lipinski definition) is 0. The van der Waals surface area contributed by atoms with Crippen molar-refractivity contribution in [3.05, 3.63) is 35.6 Å². The van der Waals surface area contributed by atoms with Crippen LogP contribution in [-0.2, 0) is 0 Å². The van der Waals surface area contributed by atoms with E-state index in [9.17, 15) is 4.39 Å². The van der Waals surface area contributed by atoms with Crippen LogP contribution in [0.3, 0.4) is 0 Å². The highest BCUT2D eigenvalue weighted by Gasteiger charge is 2.15. The molecule has 0 unspecified atom stereocenters. The number of likely N-dealkylation sites (N-methyl/N-ethyl adjacent to an activating group) is 1. The van der Waals surface area contributed by atoms with E-state index in [1.165, 1.54) is 12.1 Å². The minimum Gasteiger partial charge on any atom is -0.355 e. The summed E-state index contributed by atoms with van der Waals surface area (Å²) in [7, 11) is 2.15. The van der Waals surface area contributed by atoms with Crippen LogP contribution >= 0.6 is 0 Å². The van der Waals surface area contributed by atoms with Gasteiger partial charge in [-0.25, -0.2) is 9.37 Å². The van der Waals surface area contributed by atoms with Crippen molar-refractivity contribution in [1.82, 2.24) is 9.88 Å². The first kappa shape index (κ1) is 13.3. The fourth-order valence-electron chi connectivity index (χ4n) is 2.80. The number of rotatable bonds is 1. The van der Waals surface area contributed by atoms with Crippen LogP contribution in [0.25, 0.3) is 10.9 Å². The molecule has 0 bridgehead atoms. The zero-order valence-corrected chi connectivity index (χ0v) is 12.1. The number of anilines is 1. The van der Waals surface area contributed by atoms with Crippen molar-refractivity contribution >= 4 is 16.7 Å². The highest BCUT2D eigenvalue weighted by Crippen LogP contribution is 2.23. The van der Waals surface area contributed by atoms with E-state index < -0.39 is 0 Å². The summed E-state index contributed by atoms with van der Waals surface area (Å²) < 4.78 is 13.4. The predicted octanol–water partition coefficient (Wildman–Crippen LogP) is 2.82. The maximum absolute atomic E-state index is 13.4. The summed E-state index contributed by atoms with van der Waals surface area (Å²) in [6, 6.07) is 6.95. The Hall–Kier alpha value is -1.68. The number of fused-ring (bicyclic) bond motifs is 1. The second-order valence-corrected chi connectivity index (χ2v) is 5.60. The van der Waals surface area contributed by atoms with E-state index >= 15 is 0 Å². The van der Waals surface area contributed by atoms with Gasteiger partial charge in [-0.15, -0.1) is 0 Å². The average molecular weight is 273 g/mol. The summed E-state index contributed by atoms with van der Waals surface area (Å²) in [5.74, 6) is 0.744. The Morgan fingerprint density at radius 3 is 2.80 bits per heavy atom. The second kappa shape index (κ2) is 5.37. The lowest BCUT2D eigenvalue weighted by atomic mass is 10.1. The van der Waals surface area contributed by atoms with E-state index in [4.69, 9.17) is 0 Å². The minimum absolute atomic E-state index is 0.225. The average Bonchev–Trinajstić information content (AvgIpc) is 2.63. The topological polar surface area (TPSA) is 19.4 Å². The van der Waals surface area contributed by atoms with Crippen LogP contribution in [0.4, 0.5) is 10.2 Å². The molecule has 1 aliphatic rings. The van der Waals surface area contributed by atoms with Gasteiger partial charge >= 0.3 is 0 Å². The first-order valence-electron chi connectivity index (χ1n) is 7.14.